The average molecular weight is 323 g/mol. The molecule has 1 aromatic heterocycles. The van der Waals surface area contributed by atoms with Crippen molar-refractivity contribution in [3.8, 4) is 0 Å². The molecular weight excluding hydrogens is 298 g/mol. The number of carbonyl (C=O) groups is 2. The summed E-state index contributed by atoms with van der Waals surface area (Å²) in [5, 5.41) is 4.86. The molecule has 122 valence electrons. The number of likely N-dealkylation sites (N-methyl/N-ethyl adjacent to an activating group) is 1. The van der Waals surface area contributed by atoms with E-state index in [1.54, 1.807) is 11.3 Å². The van der Waals surface area contributed by atoms with E-state index >= 15 is 0 Å². The summed E-state index contributed by atoms with van der Waals surface area (Å²) < 4.78 is 0. The van der Waals surface area contributed by atoms with E-state index in [0.29, 0.717) is 18.4 Å². The summed E-state index contributed by atoms with van der Waals surface area (Å²) in [7, 11) is 4.11. The molecule has 0 aliphatic carbocycles. The lowest BCUT2D eigenvalue weighted by Crippen LogP contribution is -2.37. The van der Waals surface area contributed by atoms with Gasteiger partial charge >= 0.3 is 0 Å². The van der Waals surface area contributed by atoms with Gasteiger partial charge in [-0.2, -0.15) is 0 Å². The number of rotatable bonds is 5. The Bertz CT molecular complexity index is 515. The summed E-state index contributed by atoms with van der Waals surface area (Å²) in [4.78, 5) is 29.2. The Morgan fingerprint density at radius 2 is 2.18 bits per heavy atom. The molecule has 0 unspecified atom stereocenters. The van der Waals surface area contributed by atoms with Gasteiger partial charge in [-0.25, -0.2) is 0 Å². The number of hydrogen-bond donors (Lipinski definition) is 1. The topological polar surface area (TPSA) is 52.7 Å². The Labute approximate surface area is 136 Å². The summed E-state index contributed by atoms with van der Waals surface area (Å²) in [5.41, 5.74) is 0. The first kappa shape index (κ1) is 17.0. The minimum atomic E-state index is -0.223. The van der Waals surface area contributed by atoms with Crippen LogP contribution in [-0.4, -0.2) is 54.8 Å². The van der Waals surface area contributed by atoms with Crippen molar-refractivity contribution in [2.75, 3.05) is 27.2 Å². The maximum Gasteiger partial charge on any atom is 0.225 e. The van der Waals surface area contributed by atoms with Crippen molar-refractivity contribution in [3.63, 3.8) is 0 Å². The third kappa shape index (κ3) is 4.08. The lowest BCUT2D eigenvalue weighted by molar-refractivity contribution is -0.131. The van der Waals surface area contributed by atoms with Gasteiger partial charge in [0.05, 0.1) is 12.5 Å². The van der Waals surface area contributed by atoms with Gasteiger partial charge in [0.1, 0.15) is 0 Å². The smallest absolute Gasteiger partial charge is 0.225 e. The van der Waals surface area contributed by atoms with Crippen molar-refractivity contribution in [1.82, 2.24) is 15.1 Å². The molecular formula is C16H25N3O2S. The Morgan fingerprint density at radius 1 is 1.45 bits per heavy atom. The van der Waals surface area contributed by atoms with E-state index in [0.717, 1.165) is 18.0 Å². The van der Waals surface area contributed by atoms with Crippen molar-refractivity contribution in [2.45, 2.75) is 32.4 Å². The highest BCUT2D eigenvalue weighted by molar-refractivity contribution is 7.10. The molecule has 0 radical (unpaired) electrons. The predicted molar refractivity (Wildman–Crippen MR) is 88.7 cm³/mol. The van der Waals surface area contributed by atoms with Crippen LogP contribution in [0.15, 0.2) is 17.5 Å². The van der Waals surface area contributed by atoms with Crippen LogP contribution in [0, 0.1) is 5.92 Å². The van der Waals surface area contributed by atoms with E-state index in [4.69, 9.17) is 0 Å². The first-order chi connectivity index (χ1) is 10.4. The molecule has 2 heterocycles. The van der Waals surface area contributed by atoms with E-state index < -0.39 is 0 Å². The average Bonchev–Trinajstić information content (AvgIpc) is 3.06. The third-order valence-electron chi connectivity index (χ3n) is 4.23. The third-order valence-corrected chi connectivity index (χ3v) is 5.22. The molecule has 3 atom stereocenters. The lowest BCUT2D eigenvalue weighted by Gasteiger charge is -2.23. The van der Waals surface area contributed by atoms with Crippen LogP contribution in [-0.2, 0) is 9.59 Å². The molecule has 0 aromatic carbocycles. The SMILES string of the molecule is CC(=O)N[C@H](CC(=O)N1C[C@@H](C)[C@H](N(C)C)C1)c1cccs1. The number of amides is 2. The summed E-state index contributed by atoms with van der Waals surface area (Å²) in [6.07, 6.45) is 0.326. The van der Waals surface area contributed by atoms with Crippen LogP contribution < -0.4 is 5.32 Å². The van der Waals surface area contributed by atoms with Crippen molar-refractivity contribution < 1.29 is 9.59 Å². The molecule has 1 saturated heterocycles. The molecule has 1 aliphatic heterocycles. The largest absolute Gasteiger partial charge is 0.348 e. The highest BCUT2D eigenvalue weighted by atomic mass is 32.1. The van der Waals surface area contributed by atoms with Crippen LogP contribution in [0.2, 0.25) is 0 Å². The second-order valence-corrected chi connectivity index (χ2v) is 7.26. The number of likely N-dealkylation sites (tertiary alicyclic amines) is 1. The van der Waals surface area contributed by atoms with E-state index in [9.17, 15) is 9.59 Å². The summed E-state index contributed by atoms with van der Waals surface area (Å²) in [6.45, 7) is 5.23. The molecule has 0 bridgehead atoms. The van der Waals surface area contributed by atoms with Gasteiger partial charge in [0.2, 0.25) is 11.8 Å². The zero-order chi connectivity index (χ0) is 16.3. The summed E-state index contributed by atoms with van der Waals surface area (Å²) in [6, 6.07) is 4.09. The number of thiophene rings is 1. The molecule has 0 spiro atoms. The predicted octanol–water partition coefficient (Wildman–Crippen LogP) is 1.72. The Hall–Kier alpha value is -1.40. The van der Waals surface area contributed by atoms with Gasteiger partial charge in [-0.15, -0.1) is 11.3 Å². The zero-order valence-corrected chi connectivity index (χ0v) is 14.5. The molecule has 22 heavy (non-hydrogen) atoms. The Kier molecular flexibility index (Phi) is 5.58. The van der Waals surface area contributed by atoms with Crippen LogP contribution in [0.4, 0.5) is 0 Å². The molecule has 0 saturated carbocycles. The van der Waals surface area contributed by atoms with E-state index in [1.807, 2.05) is 22.4 Å². The van der Waals surface area contributed by atoms with E-state index in [-0.39, 0.29) is 17.9 Å². The fraction of sp³-hybridized carbons (Fsp3) is 0.625. The van der Waals surface area contributed by atoms with Crippen LogP contribution in [0.1, 0.15) is 31.2 Å². The first-order valence-corrected chi connectivity index (χ1v) is 8.51. The van der Waals surface area contributed by atoms with Crippen molar-refractivity contribution >= 4 is 23.2 Å². The van der Waals surface area contributed by atoms with Crippen molar-refractivity contribution in [1.29, 1.82) is 0 Å². The monoisotopic (exact) mass is 323 g/mol. The van der Waals surface area contributed by atoms with Gasteiger partial charge in [0.15, 0.2) is 0 Å². The van der Waals surface area contributed by atoms with Gasteiger partial charge in [0.25, 0.3) is 0 Å². The quantitative estimate of drug-likeness (QED) is 0.898. The highest BCUT2D eigenvalue weighted by Gasteiger charge is 2.34. The molecule has 1 aliphatic rings. The van der Waals surface area contributed by atoms with Crippen LogP contribution in [0.5, 0.6) is 0 Å². The zero-order valence-electron chi connectivity index (χ0n) is 13.7. The second kappa shape index (κ2) is 7.24. The molecule has 1 N–H and O–H groups in total. The minimum Gasteiger partial charge on any atom is -0.348 e. The van der Waals surface area contributed by atoms with Crippen LogP contribution >= 0.6 is 11.3 Å². The Morgan fingerprint density at radius 3 is 2.68 bits per heavy atom. The first-order valence-electron chi connectivity index (χ1n) is 7.63. The maximum absolute atomic E-state index is 12.6. The molecule has 1 fully saturated rings. The van der Waals surface area contributed by atoms with E-state index in [2.05, 4.69) is 31.2 Å². The van der Waals surface area contributed by atoms with Crippen molar-refractivity contribution in [3.05, 3.63) is 22.4 Å². The molecule has 2 rings (SSSR count). The summed E-state index contributed by atoms with van der Waals surface area (Å²) in [5.74, 6) is 0.482. The highest BCUT2D eigenvalue weighted by Crippen LogP contribution is 2.26. The molecule has 6 heteroatoms. The number of carbonyl (C=O) groups excluding carboxylic acids is 2. The fourth-order valence-corrected chi connectivity index (χ4v) is 3.86. The molecule has 1 aromatic rings. The lowest BCUT2D eigenvalue weighted by atomic mass is 10.1. The minimum absolute atomic E-state index is 0.104. The Balaban J connectivity index is 2.01. The van der Waals surface area contributed by atoms with Crippen molar-refractivity contribution in [2.24, 2.45) is 5.92 Å². The van der Waals surface area contributed by atoms with Gasteiger partial charge in [0, 0.05) is 30.9 Å². The number of nitrogens with one attached hydrogen (secondary N) is 1. The van der Waals surface area contributed by atoms with Gasteiger partial charge < -0.3 is 15.1 Å². The number of hydrogen-bond acceptors (Lipinski definition) is 4. The molecule has 2 amide bonds. The number of nitrogens with zero attached hydrogens (tertiary/aromatic N) is 2. The second-order valence-electron chi connectivity index (χ2n) is 6.28. The molecule has 5 nitrogen and oxygen atoms in total. The van der Waals surface area contributed by atoms with E-state index in [1.165, 1.54) is 6.92 Å². The fourth-order valence-electron chi connectivity index (χ4n) is 3.09. The normalized spacial score (nSPS) is 22.9. The standard InChI is InChI=1S/C16H25N3O2S/c1-11-9-19(10-14(11)18(3)4)16(21)8-13(17-12(2)20)15-6-5-7-22-15/h5-7,11,13-14H,8-10H2,1-4H3,(H,17,20)/t11-,13-,14-/m1/s1. The van der Waals surface area contributed by atoms with Crippen LogP contribution in [0.25, 0.3) is 0 Å². The van der Waals surface area contributed by atoms with Gasteiger partial charge in [-0.1, -0.05) is 13.0 Å². The van der Waals surface area contributed by atoms with Gasteiger partial charge in [-0.3, -0.25) is 9.59 Å². The maximum atomic E-state index is 12.6. The van der Waals surface area contributed by atoms with Crippen LogP contribution in [0.3, 0.4) is 0 Å². The van der Waals surface area contributed by atoms with Gasteiger partial charge in [-0.05, 0) is 31.5 Å². The summed E-state index contributed by atoms with van der Waals surface area (Å²) >= 11 is 1.57.